The van der Waals surface area contributed by atoms with Crippen LogP contribution in [0.3, 0.4) is 0 Å². The van der Waals surface area contributed by atoms with Crippen molar-refractivity contribution in [2.24, 2.45) is 0 Å². The quantitative estimate of drug-likeness (QED) is 0.734. The molecule has 116 valence electrons. The van der Waals surface area contributed by atoms with Gasteiger partial charge < -0.3 is 9.47 Å². The molecule has 1 aromatic carbocycles. The van der Waals surface area contributed by atoms with E-state index in [2.05, 4.69) is 20.9 Å². The molecule has 0 spiro atoms. The Balaban J connectivity index is 2.06. The number of rotatable bonds is 6. The molecule has 22 heavy (non-hydrogen) atoms. The van der Waals surface area contributed by atoms with Gasteiger partial charge in [-0.3, -0.25) is 4.90 Å². The van der Waals surface area contributed by atoms with Gasteiger partial charge in [0.25, 0.3) is 0 Å². The fraction of sp³-hybridized carbons (Fsp3) is 0.250. The van der Waals surface area contributed by atoms with Crippen molar-refractivity contribution in [3.8, 4) is 0 Å². The van der Waals surface area contributed by atoms with Crippen LogP contribution >= 0.6 is 15.9 Å². The van der Waals surface area contributed by atoms with Crippen molar-refractivity contribution in [2.75, 3.05) is 25.2 Å². The summed E-state index contributed by atoms with van der Waals surface area (Å²) in [6, 6.07) is 14.9. The number of ether oxygens (including phenoxy) is 2. The van der Waals surface area contributed by atoms with Gasteiger partial charge in [0.1, 0.15) is 17.0 Å². The van der Waals surface area contributed by atoms with Gasteiger partial charge in [-0.15, -0.1) is 0 Å². The highest BCUT2D eigenvalue weighted by Crippen LogP contribution is 2.16. The summed E-state index contributed by atoms with van der Waals surface area (Å²) < 4.78 is 11.1. The molecule has 0 bridgehead atoms. The summed E-state index contributed by atoms with van der Waals surface area (Å²) in [5, 5.41) is 0. The third kappa shape index (κ3) is 4.82. The predicted octanol–water partition coefficient (Wildman–Crippen LogP) is 3.63. The summed E-state index contributed by atoms with van der Waals surface area (Å²) >= 11 is 3.30. The third-order valence-electron chi connectivity index (χ3n) is 2.92. The Labute approximate surface area is 138 Å². The van der Waals surface area contributed by atoms with E-state index in [0.29, 0.717) is 23.6 Å². The third-order valence-corrected chi connectivity index (χ3v) is 3.36. The van der Waals surface area contributed by atoms with Crippen LogP contribution < -0.4 is 4.90 Å². The van der Waals surface area contributed by atoms with Crippen LogP contribution in [0.4, 0.5) is 10.6 Å². The zero-order valence-corrected chi connectivity index (χ0v) is 13.8. The van der Waals surface area contributed by atoms with Crippen molar-refractivity contribution in [1.82, 2.24) is 4.98 Å². The zero-order chi connectivity index (χ0) is 15.8. The lowest BCUT2D eigenvalue weighted by Gasteiger charge is -2.21. The second kappa shape index (κ2) is 8.51. The van der Waals surface area contributed by atoms with E-state index < -0.39 is 6.09 Å². The molecule has 0 aliphatic heterocycles. The van der Waals surface area contributed by atoms with Crippen LogP contribution in [-0.4, -0.2) is 31.3 Å². The van der Waals surface area contributed by atoms with Gasteiger partial charge in [0.15, 0.2) is 0 Å². The second-order valence-electron chi connectivity index (χ2n) is 4.50. The average Bonchev–Trinajstić information content (AvgIpc) is 2.54. The SMILES string of the molecule is COCCN(C(=O)OCc1ccccc1)c1cccc(Br)n1. The van der Waals surface area contributed by atoms with Crippen LogP contribution in [-0.2, 0) is 16.1 Å². The molecule has 0 unspecified atom stereocenters. The lowest BCUT2D eigenvalue weighted by Crippen LogP contribution is -2.35. The molecule has 5 nitrogen and oxygen atoms in total. The van der Waals surface area contributed by atoms with Crippen LogP contribution in [0.5, 0.6) is 0 Å². The van der Waals surface area contributed by atoms with E-state index in [1.807, 2.05) is 36.4 Å². The fourth-order valence-corrected chi connectivity index (χ4v) is 2.16. The zero-order valence-electron chi connectivity index (χ0n) is 12.2. The van der Waals surface area contributed by atoms with Crippen LogP contribution in [0.1, 0.15) is 5.56 Å². The number of aromatic nitrogens is 1. The molecule has 1 amide bonds. The molecular formula is C16H17BrN2O3. The van der Waals surface area contributed by atoms with Gasteiger partial charge in [-0.2, -0.15) is 0 Å². The summed E-state index contributed by atoms with van der Waals surface area (Å²) in [6.07, 6.45) is -0.452. The van der Waals surface area contributed by atoms with E-state index in [4.69, 9.17) is 9.47 Å². The number of benzene rings is 1. The first kappa shape index (κ1) is 16.5. The molecule has 0 aliphatic rings. The number of carbonyl (C=O) groups excluding carboxylic acids is 1. The Morgan fingerprint density at radius 1 is 1.18 bits per heavy atom. The van der Waals surface area contributed by atoms with Gasteiger partial charge in [0.05, 0.1) is 13.2 Å². The van der Waals surface area contributed by atoms with Crippen LogP contribution in [0, 0.1) is 0 Å². The number of nitrogens with zero attached hydrogens (tertiary/aromatic N) is 2. The molecule has 0 saturated carbocycles. The van der Waals surface area contributed by atoms with Gasteiger partial charge in [0, 0.05) is 7.11 Å². The summed E-state index contributed by atoms with van der Waals surface area (Å²) in [7, 11) is 1.59. The Hall–Kier alpha value is -1.92. The van der Waals surface area contributed by atoms with E-state index in [-0.39, 0.29) is 6.61 Å². The first-order chi connectivity index (χ1) is 10.7. The van der Waals surface area contributed by atoms with Gasteiger partial charge in [-0.05, 0) is 33.6 Å². The highest BCUT2D eigenvalue weighted by Gasteiger charge is 2.18. The molecule has 0 saturated heterocycles. The Kier molecular flexibility index (Phi) is 6.36. The number of hydrogen-bond donors (Lipinski definition) is 0. The number of pyridine rings is 1. The number of amides is 1. The maximum Gasteiger partial charge on any atom is 0.415 e. The standard InChI is InChI=1S/C16H17BrN2O3/c1-21-11-10-19(15-9-5-8-14(17)18-15)16(20)22-12-13-6-3-2-4-7-13/h2-9H,10-12H2,1H3. The number of halogens is 1. The molecule has 0 aliphatic carbocycles. The summed E-state index contributed by atoms with van der Waals surface area (Å²) in [5.74, 6) is 0.518. The number of anilines is 1. The second-order valence-corrected chi connectivity index (χ2v) is 5.32. The molecular weight excluding hydrogens is 348 g/mol. The van der Waals surface area contributed by atoms with Crippen molar-refractivity contribution in [1.29, 1.82) is 0 Å². The van der Waals surface area contributed by atoms with Crippen molar-refractivity contribution in [3.63, 3.8) is 0 Å². The summed E-state index contributed by atoms with van der Waals surface area (Å²) in [5.41, 5.74) is 0.935. The number of carbonyl (C=O) groups is 1. The van der Waals surface area contributed by atoms with Crippen molar-refractivity contribution < 1.29 is 14.3 Å². The fourth-order valence-electron chi connectivity index (χ4n) is 1.83. The Morgan fingerprint density at radius 3 is 2.64 bits per heavy atom. The molecule has 0 N–H and O–H groups in total. The topological polar surface area (TPSA) is 51.7 Å². The molecule has 1 heterocycles. The molecule has 1 aromatic heterocycles. The first-order valence-electron chi connectivity index (χ1n) is 6.80. The van der Waals surface area contributed by atoms with Gasteiger partial charge in [-0.1, -0.05) is 36.4 Å². The summed E-state index contributed by atoms with van der Waals surface area (Å²) in [4.78, 5) is 18.1. The minimum atomic E-state index is -0.452. The lowest BCUT2D eigenvalue weighted by atomic mass is 10.2. The molecule has 6 heteroatoms. The monoisotopic (exact) mass is 364 g/mol. The Bertz CT molecular complexity index is 607. The van der Waals surface area contributed by atoms with Crippen LogP contribution in [0.25, 0.3) is 0 Å². The maximum atomic E-state index is 12.3. The van der Waals surface area contributed by atoms with Gasteiger partial charge in [-0.25, -0.2) is 9.78 Å². The van der Waals surface area contributed by atoms with E-state index in [1.54, 1.807) is 19.2 Å². The number of methoxy groups -OCH3 is 1. The van der Waals surface area contributed by atoms with E-state index in [9.17, 15) is 4.79 Å². The highest BCUT2D eigenvalue weighted by atomic mass is 79.9. The minimum absolute atomic E-state index is 0.219. The van der Waals surface area contributed by atoms with E-state index >= 15 is 0 Å². The van der Waals surface area contributed by atoms with Crippen molar-refractivity contribution >= 4 is 27.8 Å². The maximum absolute atomic E-state index is 12.3. The van der Waals surface area contributed by atoms with Gasteiger partial charge in [0.2, 0.25) is 0 Å². The Morgan fingerprint density at radius 2 is 1.95 bits per heavy atom. The largest absolute Gasteiger partial charge is 0.444 e. The molecule has 2 rings (SSSR count). The minimum Gasteiger partial charge on any atom is -0.444 e. The van der Waals surface area contributed by atoms with E-state index in [1.165, 1.54) is 4.90 Å². The normalized spacial score (nSPS) is 10.3. The average molecular weight is 365 g/mol. The van der Waals surface area contributed by atoms with E-state index in [0.717, 1.165) is 5.56 Å². The molecule has 0 fully saturated rings. The summed E-state index contributed by atoms with van der Waals surface area (Å²) in [6.45, 7) is 0.985. The molecule has 0 atom stereocenters. The van der Waals surface area contributed by atoms with Crippen LogP contribution in [0.2, 0.25) is 0 Å². The highest BCUT2D eigenvalue weighted by molar-refractivity contribution is 9.10. The smallest absolute Gasteiger partial charge is 0.415 e. The van der Waals surface area contributed by atoms with Crippen molar-refractivity contribution in [2.45, 2.75) is 6.61 Å². The lowest BCUT2D eigenvalue weighted by molar-refractivity contribution is 0.142. The molecule has 0 radical (unpaired) electrons. The predicted molar refractivity (Wildman–Crippen MR) is 87.8 cm³/mol. The van der Waals surface area contributed by atoms with Crippen LogP contribution in [0.15, 0.2) is 53.1 Å². The number of hydrogen-bond acceptors (Lipinski definition) is 4. The van der Waals surface area contributed by atoms with Crippen molar-refractivity contribution in [3.05, 3.63) is 58.7 Å². The van der Waals surface area contributed by atoms with Gasteiger partial charge >= 0.3 is 6.09 Å². The molecule has 2 aromatic rings. The first-order valence-corrected chi connectivity index (χ1v) is 7.59.